The predicted molar refractivity (Wildman–Crippen MR) is 196 cm³/mol. The van der Waals surface area contributed by atoms with Gasteiger partial charge in [0.25, 0.3) is 0 Å². The zero-order valence-electron chi connectivity index (χ0n) is 26.7. The summed E-state index contributed by atoms with van der Waals surface area (Å²) >= 11 is 1.85. The van der Waals surface area contributed by atoms with E-state index in [2.05, 4.69) is 145 Å². The van der Waals surface area contributed by atoms with Gasteiger partial charge in [-0.15, -0.1) is 11.3 Å². The van der Waals surface area contributed by atoms with E-state index >= 15 is 0 Å². The molecule has 0 atom stereocenters. The molecule has 2 nitrogen and oxygen atoms in total. The fraction of sp³-hybridized carbons (Fsp3) is 0.190. The monoisotopic (exact) mass is 600 g/mol. The lowest BCUT2D eigenvalue weighted by Gasteiger charge is -2.22. The minimum absolute atomic E-state index is 0.0276. The van der Waals surface area contributed by atoms with Gasteiger partial charge in [-0.2, -0.15) is 0 Å². The molecule has 3 heteroatoms. The molecule has 2 aromatic heterocycles. The Hall–Kier alpha value is -4.60. The van der Waals surface area contributed by atoms with Gasteiger partial charge in [-0.05, 0) is 80.3 Å². The van der Waals surface area contributed by atoms with Gasteiger partial charge in [0.2, 0.25) is 0 Å². The van der Waals surface area contributed by atoms with E-state index in [0.29, 0.717) is 0 Å². The van der Waals surface area contributed by atoms with Crippen molar-refractivity contribution in [2.24, 2.45) is 0 Å². The second kappa shape index (κ2) is 9.95. The maximum Gasteiger partial charge on any atom is 0.0979 e. The third-order valence-electron chi connectivity index (χ3n) is 9.21. The first-order valence-electron chi connectivity index (χ1n) is 15.7. The summed E-state index contributed by atoms with van der Waals surface area (Å²) in [5, 5.41) is 7.41. The molecular formula is C42H36N2S. The lowest BCUT2D eigenvalue weighted by Crippen LogP contribution is -2.11. The summed E-state index contributed by atoms with van der Waals surface area (Å²) in [7, 11) is 0. The number of rotatable bonds is 2. The van der Waals surface area contributed by atoms with E-state index in [4.69, 9.17) is 9.97 Å². The lowest BCUT2D eigenvalue weighted by atomic mass is 9.83. The number of thiophene rings is 1. The average molecular weight is 601 g/mol. The van der Waals surface area contributed by atoms with Crippen molar-refractivity contribution in [3.8, 4) is 22.4 Å². The summed E-state index contributed by atoms with van der Waals surface area (Å²) in [6, 6.07) is 38.0. The van der Waals surface area contributed by atoms with Crippen molar-refractivity contribution < 1.29 is 0 Å². The molecule has 0 aliphatic carbocycles. The molecule has 6 aromatic carbocycles. The number of hydrogen-bond donors (Lipinski definition) is 0. The van der Waals surface area contributed by atoms with Crippen molar-refractivity contribution in [3.63, 3.8) is 0 Å². The van der Waals surface area contributed by atoms with E-state index < -0.39 is 0 Å². The van der Waals surface area contributed by atoms with Crippen molar-refractivity contribution in [2.75, 3.05) is 0 Å². The molecule has 0 fully saturated rings. The fourth-order valence-corrected chi connectivity index (χ4v) is 7.65. The van der Waals surface area contributed by atoms with E-state index in [9.17, 15) is 0 Å². The number of hydrogen-bond acceptors (Lipinski definition) is 3. The first kappa shape index (κ1) is 27.9. The Morgan fingerprint density at radius 1 is 0.467 bits per heavy atom. The van der Waals surface area contributed by atoms with Crippen LogP contribution in [0.1, 0.15) is 52.7 Å². The van der Waals surface area contributed by atoms with E-state index in [1.807, 2.05) is 17.5 Å². The van der Waals surface area contributed by atoms with Crippen LogP contribution in [0.15, 0.2) is 109 Å². The van der Waals surface area contributed by atoms with E-state index in [0.717, 1.165) is 33.1 Å². The van der Waals surface area contributed by atoms with Crippen LogP contribution in [-0.4, -0.2) is 9.97 Å². The van der Waals surface area contributed by atoms with Crippen LogP contribution >= 0.6 is 11.3 Å². The molecule has 0 amide bonds. The highest BCUT2D eigenvalue weighted by Gasteiger charge is 2.20. The number of aromatic nitrogens is 2. The summed E-state index contributed by atoms with van der Waals surface area (Å²) in [5.74, 6) is 0. The second-order valence-electron chi connectivity index (χ2n) is 14.4. The van der Waals surface area contributed by atoms with Gasteiger partial charge in [-0.25, -0.2) is 4.98 Å². The van der Waals surface area contributed by atoms with Gasteiger partial charge in [0, 0.05) is 36.5 Å². The largest absolute Gasteiger partial charge is 0.252 e. The number of fused-ring (bicyclic) bond motifs is 9. The van der Waals surface area contributed by atoms with Crippen molar-refractivity contribution in [3.05, 3.63) is 120 Å². The zero-order valence-corrected chi connectivity index (χ0v) is 27.5. The summed E-state index contributed by atoms with van der Waals surface area (Å²) in [4.78, 5) is 10.6. The second-order valence-corrected chi connectivity index (χ2v) is 15.4. The zero-order chi connectivity index (χ0) is 31.1. The molecule has 8 rings (SSSR count). The van der Waals surface area contributed by atoms with Gasteiger partial charge in [0.15, 0.2) is 0 Å². The van der Waals surface area contributed by atoms with E-state index in [-0.39, 0.29) is 10.8 Å². The highest BCUT2D eigenvalue weighted by atomic mass is 32.1. The topological polar surface area (TPSA) is 25.8 Å². The Kier molecular flexibility index (Phi) is 6.17. The molecule has 0 unspecified atom stereocenters. The quantitative estimate of drug-likeness (QED) is 0.184. The van der Waals surface area contributed by atoms with Crippen LogP contribution < -0.4 is 0 Å². The van der Waals surface area contributed by atoms with Crippen molar-refractivity contribution in [1.29, 1.82) is 0 Å². The first-order valence-corrected chi connectivity index (χ1v) is 16.6. The SMILES string of the molecule is CC(C)(C)c1ccc2c3ccc(C(C)(C)C)cc3c3nc(-c4cccc(-c5ccc6sc7ccccc7c6c5)c4)cnc3c2c1. The molecular weight excluding hydrogens is 565 g/mol. The van der Waals surface area contributed by atoms with E-state index in [1.165, 1.54) is 53.2 Å². The molecule has 0 aliphatic rings. The molecule has 2 heterocycles. The van der Waals surface area contributed by atoms with Crippen LogP contribution in [0.3, 0.4) is 0 Å². The molecule has 45 heavy (non-hydrogen) atoms. The summed E-state index contributed by atoms with van der Waals surface area (Å²) < 4.78 is 2.65. The molecule has 0 spiro atoms. The smallest absolute Gasteiger partial charge is 0.0979 e. The average Bonchev–Trinajstić information content (AvgIpc) is 3.41. The predicted octanol–water partition coefficient (Wildman–Crippen LogP) is 12.2. The molecule has 8 aromatic rings. The molecule has 0 saturated heterocycles. The van der Waals surface area contributed by atoms with Gasteiger partial charge < -0.3 is 0 Å². The maximum atomic E-state index is 5.40. The van der Waals surface area contributed by atoms with Crippen LogP contribution in [0, 0.1) is 0 Å². The maximum absolute atomic E-state index is 5.40. The molecule has 220 valence electrons. The Bertz CT molecular complexity index is 2450. The summed E-state index contributed by atoms with van der Waals surface area (Å²) in [5.41, 5.74) is 8.94. The van der Waals surface area contributed by atoms with Gasteiger partial charge in [-0.3, -0.25) is 4.98 Å². The third-order valence-corrected chi connectivity index (χ3v) is 10.4. The third kappa shape index (κ3) is 4.69. The van der Waals surface area contributed by atoms with Gasteiger partial charge in [0.1, 0.15) is 0 Å². The van der Waals surface area contributed by atoms with Crippen LogP contribution in [0.25, 0.3) is 75.1 Å². The summed E-state index contributed by atoms with van der Waals surface area (Å²) in [6.45, 7) is 13.6. The van der Waals surface area contributed by atoms with Crippen molar-refractivity contribution >= 4 is 64.1 Å². The molecule has 0 saturated carbocycles. The molecule has 0 N–H and O–H groups in total. The molecule has 0 aliphatic heterocycles. The van der Waals surface area contributed by atoms with Crippen molar-refractivity contribution in [2.45, 2.75) is 52.4 Å². The number of nitrogens with zero attached hydrogens (tertiary/aromatic N) is 2. The highest BCUT2D eigenvalue weighted by molar-refractivity contribution is 7.25. The Morgan fingerprint density at radius 3 is 1.80 bits per heavy atom. The fourth-order valence-electron chi connectivity index (χ4n) is 6.56. The standard InChI is InChI=1S/C42H36N2S/c1-41(2,3)28-15-17-30-31-18-16-29(42(4,5)6)23-35(31)40-39(34(30)22-28)43-24-36(44-40)27-11-9-10-25(20-27)26-14-19-38-33(21-26)32-12-7-8-13-37(32)45-38/h7-24H,1-6H3. The highest BCUT2D eigenvalue weighted by Crippen LogP contribution is 2.40. The number of benzene rings is 6. The Balaban J connectivity index is 1.33. The van der Waals surface area contributed by atoms with Crippen LogP contribution in [0.4, 0.5) is 0 Å². The Morgan fingerprint density at radius 2 is 1.09 bits per heavy atom. The van der Waals surface area contributed by atoms with Gasteiger partial charge in [0.05, 0.1) is 22.9 Å². The van der Waals surface area contributed by atoms with Gasteiger partial charge >= 0.3 is 0 Å². The normalized spacial score (nSPS) is 12.7. The Labute approximate surface area is 268 Å². The van der Waals surface area contributed by atoms with Gasteiger partial charge in [-0.1, -0.05) is 108 Å². The molecule has 0 bridgehead atoms. The van der Waals surface area contributed by atoms with Crippen LogP contribution in [-0.2, 0) is 10.8 Å². The van der Waals surface area contributed by atoms with Crippen LogP contribution in [0.2, 0.25) is 0 Å². The van der Waals surface area contributed by atoms with Crippen LogP contribution in [0.5, 0.6) is 0 Å². The summed E-state index contributed by atoms with van der Waals surface area (Å²) in [6.07, 6.45) is 1.96. The van der Waals surface area contributed by atoms with Crippen molar-refractivity contribution in [1.82, 2.24) is 9.97 Å². The first-order chi connectivity index (χ1) is 21.5. The minimum Gasteiger partial charge on any atom is -0.252 e. The lowest BCUT2D eigenvalue weighted by molar-refractivity contribution is 0.591. The van der Waals surface area contributed by atoms with E-state index in [1.54, 1.807) is 0 Å². The minimum atomic E-state index is 0.0276. The molecule has 0 radical (unpaired) electrons.